The van der Waals surface area contributed by atoms with Crippen LogP contribution in [0.5, 0.6) is 0 Å². The zero-order valence-corrected chi connectivity index (χ0v) is 12.8. The van der Waals surface area contributed by atoms with Crippen molar-refractivity contribution in [1.82, 2.24) is 20.1 Å². The van der Waals surface area contributed by atoms with Crippen LogP contribution in [0.3, 0.4) is 0 Å². The number of hydrogen-bond donors (Lipinski definition) is 2. The van der Waals surface area contributed by atoms with Gasteiger partial charge in [-0.3, -0.25) is 4.57 Å². The van der Waals surface area contributed by atoms with Crippen molar-refractivity contribution < 1.29 is 0 Å². The average molecular weight is 292 g/mol. The molecule has 108 valence electrons. The predicted molar refractivity (Wildman–Crippen MR) is 80.9 cm³/mol. The Bertz CT molecular complexity index is 618. The Kier molecular flexibility index (Phi) is 5.03. The maximum atomic E-state index is 11.4. The van der Waals surface area contributed by atoms with Crippen LogP contribution in [0.15, 0.2) is 39.1 Å². The van der Waals surface area contributed by atoms with Crippen LogP contribution >= 0.6 is 11.8 Å². The molecule has 0 unspecified atom stereocenters. The largest absolute Gasteiger partial charge is 0.343 e. The summed E-state index contributed by atoms with van der Waals surface area (Å²) in [4.78, 5) is 12.5. The van der Waals surface area contributed by atoms with Gasteiger partial charge in [0.15, 0.2) is 5.16 Å². The Morgan fingerprint density at radius 1 is 1.40 bits per heavy atom. The molecule has 2 rings (SSSR count). The quantitative estimate of drug-likeness (QED) is 0.855. The molecule has 1 heterocycles. The summed E-state index contributed by atoms with van der Waals surface area (Å²) in [7, 11) is 1.72. The maximum Gasteiger partial charge on any atom is 0.343 e. The summed E-state index contributed by atoms with van der Waals surface area (Å²) in [5, 5.41) is 10.6. The van der Waals surface area contributed by atoms with Crippen LogP contribution in [-0.2, 0) is 13.6 Å². The first kappa shape index (κ1) is 14.9. The molecule has 6 heteroatoms. The second-order valence-electron chi connectivity index (χ2n) is 5.10. The van der Waals surface area contributed by atoms with E-state index in [2.05, 4.69) is 41.5 Å². The average Bonchev–Trinajstić information content (AvgIpc) is 2.72. The molecule has 0 aliphatic heterocycles. The van der Waals surface area contributed by atoms with E-state index < -0.39 is 0 Å². The van der Waals surface area contributed by atoms with Gasteiger partial charge >= 0.3 is 5.69 Å². The molecule has 0 spiro atoms. The van der Waals surface area contributed by atoms with Crippen LogP contribution in [0.25, 0.3) is 0 Å². The van der Waals surface area contributed by atoms with Crippen LogP contribution in [-0.4, -0.2) is 21.3 Å². The van der Waals surface area contributed by atoms with E-state index in [0.29, 0.717) is 11.1 Å². The summed E-state index contributed by atoms with van der Waals surface area (Å²) in [5.74, 6) is 0.627. The smallest absolute Gasteiger partial charge is 0.312 e. The number of nitrogens with zero attached hydrogens (tertiary/aromatic N) is 2. The molecular weight excluding hydrogens is 272 g/mol. The number of aromatic nitrogens is 3. The van der Waals surface area contributed by atoms with Crippen molar-refractivity contribution in [2.45, 2.75) is 30.4 Å². The third-order valence-corrected chi connectivity index (χ3v) is 4.05. The zero-order valence-electron chi connectivity index (χ0n) is 12.0. The lowest BCUT2D eigenvalue weighted by atomic mass is 10.2. The molecule has 0 amide bonds. The fraction of sp³-hybridized carbons (Fsp3) is 0.429. The number of aromatic amines is 1. The molecule has 0 aliphatic rings. The Hall–Kier alpha value is -1.53. The third kappa shape index (κ3) is 3.74. The Labute approximate surface area is 122 Å². The van der Waals surface area contributed by atoms with Crippen LogP contribution in [0.1, 0.15) is 19.4 Å². The summed E-state index contributed by atoms with van der Waals surface area (Å²) < 4.78 is 1.52. The predicted octanol–water partition coefficient (Wildman–Crippen LogP) is 2.01. The highest BCUT2D eigenvalue weighted by atomic mass is 32.2. The summed E-state index contributed by atoms with van der Waals surface area (Å²) in [6.45, 7) is 6.18. The Morgan fingerprint density at radius 3 is 2.80 bits per heavy atom. The lowest BCUT2D eigenvalue weighted by Crippen LogP contribution is -2.19. The molecule has 0 fully saturated rings. The van der Waals surface area contributed by atoms with Gasteiger partial charge in [-0.05, 0) is 35.9 Å². The topological polar surface area (TPSA) is 62.7 Å². The standard InChI is InChI=1S/C14H20N4OS/c1-10(2)8-15-9-11-6-4-5-7-12(11)20-14-17-16-13(19)18(14)3/h4-7,10,15H,8-9H2,1-3H3,(H,16,19). The van der Waals surface area contributed by atoms with E-state index in [9.17, 15) is 4.79 Å². The van der Waals surface area contributed by atoms with E-state index >= 15 is 0 Å². The number of hydrogen-bond acceptors (Lipinski definition) is 4. The number of rotatable bonds is 6. The second kappa shape index (κ2) is 6.76. The molecule has 0 atom stereocenters. The fourth-order valence-electron chi connectivity index (χ4n) is 1.77. The highest BCUT2D eigenvalue weighted by molar-refractivity contribution is 7.99. The zero-order chi connectivity index (χ0) is 14.5. The van der Waals surface area contributed by atoms with Crippen molar-refractivity contribution in [1.29, 1.82) is 0 Å². The van der Waals surface area contributed by atoms with Crippen molar-refractivity contribution in [2.75, 3.05) is 6.54 Å². The molecule has 0 aliphatic carbocycles. The second-order valence-corrected chi connectivity index (χ2v) is 6.11. The van der Waals surface area contributed by atoms with Crippen LogP contribution < -0.4 is 11.0 Å². The van der Waals surface area contributed by atoms with Crippen molar-refractivity contribution in [3.05, 3.63) is 40.3 Å². The van der Waals surface area contributed by atoms with Crippen molar-refractivity contribution >= 4 is 11.8 Å². The summed E-state index contributed by atoms with van der Waals surface area (Å²) in [5.41, 5.74) is 1.02. The van der Waals surface area contributed by atoms with Gasteiger partial charge in [0, 0.05) is 18.5 Å². The van der Waals surface area contributed by atoms with Gasteiger partial charge < -0.3 is 5.32 Å². The van der Waals surface area contributed by atoms with Gasteiger partial charge in [0.2, 0.25) is 0 Å². The first-order chi connectivity index (χ1) is 9.58. The van der Waals surface area contributed by atoms with E-state index in [1.807, 2.05) is 12.1 Å². The maximum absolute atomic E-state index is 11.4. The molecule has 0 radical (unpaired) electrons. The summed E-state index contributed by atoms with van der Waals surface area (Å²) >= 11 is 1.50. The molecular formula is C14H20N4OS. The van der Waals surface area contributed by atoms with Crippen LogP contribution in [0.4, 0.5) is 0 Å². The monoisotopic (exact) mass is 292 g/mol. The molecule has 1 aromatic carbocycles. The van der Waals surface area contributed by atoms with Crippen molar-refractivity contribution in [3.63, 3.8) is 0 Å². The van der Waals surface area contributed by atoms with Crippen molar-refractivity contribution in [3.8, 4) is 0 Å². The van der Waals surface area contributed by atoms with E-state index in [1.54, 1.807) is 7.05 Å². The molecule has 5 nitrogen and oxygen atoms in total. The minimum absolute atomic E-state index is 0.192. The van der Waals surface area contributed by atoms with Gasteiger partial charge in [0.25, 0.3) is 0 Å². The van der Waals surface area contributed by atoms with Crippen LogP contribution in [0, 0.1) is 5.92 Å². The van der Waals surface area contributed by atoms with Gasteiger partial charge in [-0.2, -0.15) is 0 Å². The van der Waals surface area contributed by atoms with Gasteiger partial charge in [0.1, 0.15) is 0 Å². The number of H-pyrrole nitrogens is 1. The highest BCUT2D eigenvalue weighted by Crippen LogP contribution is 2.27. The SMILES string of the molecule is CC(C)CNCc1ccccc1Sc1n[nH]c(=O)n1C. The van der Waals surface area contributed by atoms with E-state index in [-0.39, 0.29) is 5.69 Å². The normalized spacial score (nSPS) is 11.2. The minimum atomic E-state index is -0.192. The minimum Gasteiger partial charge on any atom is -0.312 e. The molecule has 0 saturated heterocycles. The molecule has 0 bridgehead atoms. The lowest BCUT2D eigenvalue weighted by Gasteiger charge is -2.11. The summed E-state index contributed by atoms with van der Waals surface area (Å²) in [6.07, 6.45) is 0. The number of nitrogens with one attached hydrogen (secondary N) is 2. The van der Waals surface area contributed by atoms with Crippen LogP contribution in [0.2, 0.25) is 0 Å². The first-order valence-corrected chi connectivity index (χ1v) is 7.47. The lowest BCUT2D eigenvalue weighted by molar-refractivity contribution is 0.550. The van der Waals surface area contributed by atoms with Crippen molar-refractivity contribution in [2.24, 2.45) is 13.0 Å². The van der Waals surface area contributed by atoms with E-state index in [1.165, 1.54) is 21.9 Å². The molecule has 2 N–H and O–H groups in total. The van der Waals surface area contributed by atoms with Gasteiger partial charge in [-0.25, -0.2) is 9.89 Å². The van der Waals surface area contributed by atoms with Gasteiger partial charge in [-0.15, -0.1) is 5.10 Å². The molecule has 20 heavy (non-hydrogen) atoms. The molecule has 0 saturated carbocycles. The Balaban J connectivity index is 2.11. The molecule has 2 aromatic rings. The fourth-order valence-corrected chi connectivity index (χ4v) is 2.69. The highest BCUT2D eigenvalue weighted by Gasteiger charge is 2.09. The van der Waals surface area contributed by atoms with Gasteiger partial charge in [-0.1, -0.05) is 32.0 Å². The van der Waals surface area contributed by atoms with E-state index in [0.717, 1.165) is 18.0 Å². The summed E-state index contributed by atoms with van der Waals surface area (Å²) in [6, 6.07) is 8.18. The first-order valence-electron chi connectivity index (χ1n) is 6.65. The third-order valence-electron chi connectivity index (χ3n) is 2.88. The Morgan fingerprint density at radius 2 is 2.15 bits per heavy atom. The van der Waals surface area contributed by atoms with Gasteiger partial charge in [0.05, 0.1) is 0 Å². The molecule has 1 aromatic heterocycles. The van der Waals surface area contributed by atoms with E-state index in [4.69, 9.17) is 0 Å². The number of benzene rings is 1.